The van der Waals surface area contributed by atoms with Gasteiger partial charge in [0.05, 0.1) is 20.8 Å². The zero-order valence-corrected chi connectivity index (χ0v) is 22.4. The molecule has 0 bridgehead atoms. The first-order valence-corrected chi connectivity index (χ1v) is 13.4. The molecule has 0 saturated heterocycles. The van der Waals surface area contributed by atoms with Crippen molar-refractivity contribution < 1.29 is 18.6 Å². The minimum atomic E-state index is 0.616. The third kappa shape index (κ3) is 3.92. The molecule has 6 aromatic rings. The van der Waals surface area contributed by atoms with Gasteiger partial charge in [-0.1, -0.05) is 84.9 Å². The number of fused-ring (bicyclic) bond motifs is 3. The molecule has 0 N–H and O–H groups in total. The summed E-state index contributed by atoms with van der Waals surface area (Å²) in [5.41, 5.74) is 9.62. The summed E-state index contributed by atoms with van der Waals surface area (Å²) in [5.74, 6) is 3.29. The first-order valence-electron chi connectivity index (χ1n) is 13.4. The molecule has 0 amide bonds. The van der Waals surface area contributed by atoms with Crippen LogP contribution in [0.15, 0.2) is 114 Å². The quantitative estimate of drug-likeness (QED) is 0.218. The molecule has 5 aromatic carbocycles. The molecule has 7 rings (SSSR count). The second-order valence-electron chi connectivity index (χ2n) is 9.86. The van der Waals surface area contributed by atoms with E-state index in [1.165, 1.54) is 11.1 Å². The molecule has 1 aromatic heterocycles. The lowest BCUT2D eigenvalue weighted by Gasteiger charge is -2.18. The van der Waals surface area contributed by atoms with Crippen molar-refractivity contribution in [3.8, 4) is 62.0 Å². The molecule has 4 nitrogen and oxygen atoms in total. The van der Waals surface area contributed by atoms with E-state index in [0.717, 1.165) is 73.8 Å². The number of benzene rings is 5. The summed E-state index contributed by atoms with van der Waals surface area (Å²) in [5, 5.41) is 1.04. The molecule has 4 heteroatoms. The van der Waals surface area contributed by atoms with Gasteiger partial charge in [0.15, 0.2) is 11.3 Å². The van der Waals surface area contributed by atoms with Gasteiger partial charge in [-0.2, -0.15) is 0 Å². The highest BCUT2D eigenvalue weighted by atomic mass is 16.5. The lowest BCUT2D eigenvalue weighted by molar-refractivity contribution is 0.355. The van der Waals surface area contributed by atoms with Crippen LogP contribution in [0.25, 0.3) is 55.7 Å². The molecule has 0 unspecified atom stereocenters. The Hall–Kier alpha value is -4.96. The van der Waals surface area contributed by atoms with Crippen LogP contribution in [0.4, 0.5) is 0 Å². The van der Waals surface area contributed by atoms with Crippen LogP contribution in [-0.2, 0) is 6.42 Å². The molecule has 0 spiro atoms. The second-order valence-corrected chi connectivity index (χ2v) is 9.86. The fourth-order valence-corrected chi connectivity index (χ4v) is 5.80. The van der Waals surface area contributed by atoms with Crippen LogP contribution in [-0.4, -0.2) is 20.8 Å². The lowest BCUT2D eigenvalue weighted by atomic mass is 9.84. The fourth-order valence-electron chi connectivity index (χ4n) is 5.80. The van der Waals surface area contributed by atoms with E-state index in [1.54, 1.807) is 14.2 Å². The Morgan fingerprint density at radius 1 is 0.550 bits per heavy atom. The van der Waals surface area contributed by atoms with Crippen LogP contribution in [0.3, 0.4) is 0 Å². The molecule has 0 aliphatic carbocycles. The van der Waals surface area contributed by atoms with Crippen LogP contribution in [0, 0.1) is 0 Å². The topological polar surface area (TPSA) is 40.8 Å². The number of furan rings is 1. The van der Waals surface area contributed by atoms with Gasteiger partial charge in [0, 0.05) is 34.1 Å². The van der Waals surface area contributed by atoms with Crippen molar-refractivity contribution in [2.75, 3.05) is 20.8 Å². The Labute approximate surface area is 233 Å². The van der Waals surface area contributed by atoms with Crippen LogP contribution in [0.1, 0.15) is 5.56 Å². The van der Waals surface area contributed by atoms with Crippen molar-refractivity contribution in [1.29, 1.82) is 0 Å². The highest BCUT2D eigenvalue weighted by Crippen LogP contribution is 2.54. The molecular weight excluding hydrogens is 496 g/mol. The summed E-state index contributed by atoms with van der Waals surface area (Å²) in [6, 6.07) is 37.4. The zero-order valence-electron chi connectivity index (χ0n) is 22.4. The summed E-state index contributed by atoms with van der Waals surface area (Å²) >= 11 is 0. The van der Waals surface area contributed by atoms with Crippen LogP contribution < -0.4 is 14.2 Å². The minimum Gasteiger partial charge on any atom is -0.497 e. The van der Waals surface area contributed by atoms with E-state index in [4.69, 9.17) is 18.6 Å². The fraction of sp³-hybridized carbons (Fsp3) is 0.111. The van der Waals surface area contributed by atoms with Gasteiger partial charge in [-0.05, 0) is 46.5 Å². The van der Waals surface area contributed by atoms with Crippen molar-refractivity contribution in [3.63, 3.8) is 0 Å². The molecule has 196 valence electrons. The molecule has 1 aliphatic rings. The molecule has 2 heterocycles. The molecule has 40 heavy (non-hydrogen) atoms. The number of hydrogen-bond acceptors (Lipinski definition) is 4. The highest BCUT2D eigenvalue weighted by molar-refractivity contribution is 6.16. The summed E-state index contributed by atoms with van der Waals surface area (Å²) < 4.78 is 24.2. The predicted molar refractivity (Wildman–Crippen MR) is 160 cm³/mol. The third-order valence-corrected chi connectivity index (χ3v) is 7.64. The largest absolute Gasteiger partial charge is 0.497 e. The van der Waals surface area contributed by atoms with E-state index in [1.807, 2.05) is 42.5 Å². The Morgan fingerprint density at radius 3 is 1.65 bits per heavy atom. The van der Waals surface area contributed by atoms with E-state index >= 15 is 0 Å². The SMILES string of the molecule is COc1ccc(-c2c3c(c4oc(-c5ccccc5)c(-c5ccc(OC)cc5)c4c2-c2ccccc2)OCC3)cc1. The van der Waals surface area contributed by atoms with E-state index in [2.05, 4.69) is 66.7 Å². The molecular formula is C36H28O4. The van der Waals surface area contributed by atoms with Gasteiger partial charge >= 0.3 is 0 Å². The normalized spacial score (nSPS) is 12.2. The van der Waals surface area contributed by atoms with Gasteiger partial charge < -0.3 is 18.6 Å². The zero-order chi connectivity index (χ0) is 27.1. The second kappa shape index (κ2) is 9.97. The summed E-state index contributed by atoms with van der Waals surface area (Å²) in [7, 11) is 3.38. The average Bonchev–Trinajstić information content (AvgIpc) is 3.67. The van der Waals surface area contributed by atoms with Gasteiger partial charge in [-0.15, -0.1) is 0 Å². The maximum Gasteiger partial charge on any atom is 0.178 e. The smallest absolute Gasteiger partial charge is 0.178 e. The summed E-state index contributed by atoms with van der Waals surface area (Å²) in [6.07, 6.45) is 0.811. The van der Waals surface area contributed by atoms with Crippen molar-refractivity contribution in [2.24, 2.45) is 0 Å². The number of methoxy groups -OCH3 is 2. The molecule has 0 radical (unpaired) electrons. The molecule has 0 saturated carbocycles. The van der Waals surface area contributed by atoms with Gasteiger partial charge in [0.25, 0.3) is 0 Å². The maximum atomic E-state index is 6.85. The Morgan fingerprint density at radius 2 is 1.07 bits per heavy atom. The van der Waals surface area contributed by atoms with Gasteiger partial charge in [0.2, 0.25) is 0 Å². The first kappa shape index (κ1) is 24.1. The third-order valence-electron chi connectivity index (χ3n) is 7.64. The van der Waals surface area contributed by atoms with Crippen molar-refractivity contribution in [3.05, 3.63) is 115 Å². The van der Waals surface area contributed by atoms with Crippen LogP contribution >= 0.6 is 0 Å². The molecule has 0 atom stereocenters. The van der Waals surface area contributed by atoms with E-state index < -0.39 is 0 Å². The monoisotopic (exact) mass is 524 g/mol. The van der Waals surface area contributed by atoms with Gasteiger partial charge in [-0.3, -0.25) is 0 Å². The maximum absolute atomic E-state index is 6.85. The van der Waals surface area contributed by atoms with Crippen molar-refractivity contribution in [1.82, 2.24) is 0 Å². The number of ether oxygens (including phenoxy) is 3. The van der Waals surface area contributed by atoms with Gasteiger partial charge in [-0.25, -0.2) is 0 Å². The molecule has 1 aliphatic heterocycles. The average molecular weight is 525 g/mol. The summed E-state index contributed by atoms with van der Waals surface area (Å²) in [6.45, 7) is 0.616. The summed E-state index contributed by atoms with van der Waals surface area (Å²) in [4.78, 5) is 0. The predicted octanol–water partition coefficient (Wildman–Crippen LogP) is 9.05. The van der Waals surface area contributed by atoms with Crippen molar-refractivity contribution in [2.45, 2.75) is 6.42 Å². The Balaban J connectivity index is 1.66. The van der Waals surface area contributed by atoms with E-state index in [-0.39, 0.29) is 0 Å². The number of hydrogen-bond donors (Lipinski definition) is 0. The lowest BCUT2D eigenvalue weighted by Crippen LogP contribution is -1.94. The van der Waals surface area contributed by atoms with E-state index in [0.29, 0.717) is 6.61 Å². The first-order chi connectivity index (χ1) is 19.8. The van der Waals surface area contributed by atoms with Crippen LogP contribution in [0.2, 0.25) is 0 Å². The van der Waals surface area contributed by atoms with E-state index in [9.17, 15) is 0 Å². The van der Waals surface area contributed by atoms with Crippen LogP contribution in [0.5, 0.6) is 17.2 Å². The standard InChI is InChI=1S/C36H28O4/c1-37-27-17-13-24(14-18-27)30-29-21-22-39-35(29)36-33(31(30)23-9-5-3-6-10-23)32(25-15-19-28(38-2)20-16-25)34(40-36)26-11-7-4-8-12-26/h3-20H,21-22H2,1-2H3. The number of rotatable bonds is 6. The van der Waals surface area contributed by atoms with Crippen molar-refractivity contribution >= 4 is 11.0 Å². The molecule has 0 fully saturated rings. The minimum absolute atomic E-state index is 0.616. The Kier molecular flexibility index (Phi) is 6.01. The Bertz CT molecular complexity index is 1800. The highest BCUT2D eigenvalue weighted by Gasteiger charge is 2.32. The van der Waals surface area contributed by atoms with Gasteiger partial charge in [0.1, 0.15) is 17.3 Å².